The van der Waals surface area contributed by atoms with Crippen LogP contribution in [0.25, 0.3) is 0 Å². The van der Waals surface area contributed by atoms with Gasteiger partial charge in [0.15, 0.2) is 0 Å². The summed E-state index contributed by atoms with van der Waals surface area (Å²) < 4.78 is 5.34. The first-order valence-corrected chi connectivity index (χ1v) is 5.38. The van der Waals surface area contributed by atoms with E-state index in [0.29, 0.717) is 5.41 Å². The highest BCUT2D eigenvalue weighted by Gasteiger charge is 2.37. The lowest BCUT2D eigenvalue weighted by Gasteiger charge is -2.42. The van der Waals surface area contributed by atoms with Crippen molar-refractivity contribution in [2.45, 2.75) is 19.8 Å². The summed E-state index contributed by atoms with van der Waals surface area (Å²) in [5.74, 6) is 0. The van der Waals surface area contributed by atoms with Gasteiger partial charge in [-0.2, -0.15) is 0 Å². The van der Waals surface area contributed by atoms with Gasteiger partial charge < -0.3 is 9.64 Å². The Morgan fingerprint density at radius 3 is 2.79 bits per heavy atom. The summed E-state index contributed by atoms with van der Waals surface area (Å²) in [7, 11) is 2.12. The van der Waals surface area contributed by atoms with E-state index in [4.69, 9.17) is 4.74 Å². The van der Waals surface area contributed by atoms with Crippen LogP contribution in [0.4, 0.5) is 0 Å². The minimum absolute atomic E-state index is 0.456. The third-order valence-corrected chi connectivity index (χ3v) is 3.29. The molecule has 2 aliphatic heterocycles. The van der Waals surface area contributed by atoms with Crippen molar-refractivity contribution in [2.75, 3.05) is 26.8 Å². The lowest BCUT2D eigenvalue weighted by molar-refractivity contribution is -0.114. The first kappa shape index (κ1) is 9.78. The van der Waals surface area contributed by atoms with Crippen molar-refractivity contribution in [3.63, 3.8) is 0 Å². The van der Waals surface area contributed by atoms with Gasteiger partial charge in [-0.3, -0.25) is 0 Å². The molecule has 0 amide bonds. The molecule has 0 spiro atoms. The van der Waals surface area contributed by atoms with Crippen LogP contribution in [0.1, 0.15) is 19.8 Å². The Labute approximate surface area is 86.2 Å². The maximum absolute atomic E-state index is 5.34. The van der Waals surface area contributed by atoms with Crippen LogP contribution in [0.3, 0.4) is 0 Å². The summed E-state index contributed by atoms with van der Waals surface area (Å²) >= 11 is 0. The molecule has 0 saturated carbocycles. The monoisotopic (exact) mass is 193 g/mol. The third kappa shape index (κ3) is 1.85. The number of rotatable bonds is 3. The number of hydrogen-bond acceptors (Lipinski definition) is 2. The quantitative estimate of drug-likeness (QED) is 0.681. The number of ether oxygens (including phenoxy) is 1. The second-order valence-electron chi connectivity index (χ2n) is 4.60. The van der Waals surface area contributed by atoms with Crippen molar-refractivity contribution in [3.8, 4) is 0 Å². The molecule has 2 rings (SSSR count). The van der Waals surface area contributed by atoms with Gasteiger partial charge >= 0.3 is 0 Å². The van der Waals surface area contributed by atoms with Crippen molar-refractivity contribution in [1.29, 1.82) is 0 Å². The van der Waals surface area contributed by atoms with Crippen molar-refractivity contribution < 1.29 is 4.74 Å². The summed E-state index contributed by atoms with van der Waals surface area (Å²) in [6.07, 6.45) is 8.97. The standard InChI is InChI=1S/C12H19NO/c1-3-12(9-14-10-12)7-11-5-4-6-13(2)8-11/h4-6H,3,7-10H2,1-2H3. The summed E-state index contributed by atoms with van der Waals surface area (Å²) in [5.41, 5.74) is 2.00. The van der Waals surface area contributed by atoms with E-state index in [0.717, 1.165) is 19.8 Å². The van der Waals surface area contributed by atoms with Crippen LogP contribution in [0.5, 0.6) is 0 Å². The zero-order valence-corrected chi connectivity index (χ0v) is 9.12. The summed E-state index contributed by atoms with van der Waals surface area (Å²) in [4.78, 5) is 2.23. The normalized spacial score (nSPS) is 24.4. The van der Waals surface area contributed by atoms with Gasteiger partial charge in [0.05, 0.1) is 13.2 Å². The highest BCUT2D eigenvalue weighted by atomic mass is 16.5. The van der Waals surface area contributed by atoms with E-state index < -0.39 is 0 Å². The molecule has 0 atom stereocenters. The van der Waals surface area contributed by atoms with Gasteiger partial charge in [-0.15, -0.1) is 0 Å². The fourth-order valence-corrected chi connectivity index (χ4v) is 2.17. The maximum Gasteiger partial charge on any atom is 0.0547 e. The molecule has 14 heavy (non-hydrogen) atoms. The van der Waals surface area contributed by atoms with E-state index in [1.54, 1.807) is 5.57 Å². The van der Waals surface area contributed by atoms with E-state index >= 15 is 0 Å². The molecular formula is C12H19NO. The zero-order chi connectivity index (χ0) is 10.0. The van der Waals surface area contributed by atoms with Gasteiger partial charge in [-0.05, 0) is 25.1 Å². The van der Waals surface area contributed by atoms with Gasteiger partial charge in [-0.25, -0.2) is 0 Å². The summed E-state index contributed by atoms with van der Waals surface area (Å²) in [6.45, 7) is 5.26. The molecule has 2 nitrogen and oxygen atoms in total. The number of likely N-dealkylation sites (N-methyl/N-ethyl adjacent to an activating group) is 1. The van der Waals surface area contributed by atoms with Crippen molar-refractivity contribution >= 4 is 0 Å². The summed E-state index contributed by atoms with van der Waals surface area (Å²) in [5, 5.41) is 0. The molecule has 0 N–H and O–H groups in total. The predicted molar refractivity (Wildman–Crippen MR) is 58.0 cm³/mol. The third-order valence-electron chi connectivity index (χ3n) is 3.29. The van der Waals surface area contributed by atoms with Crippen LogP contribution in [0, 0.1) is 5.41 Å². The molecule has 0 aromatic carbocycles. The fraction of sp³-hybridized carbons (Fsp3) is 0.667. The van der Waals surface area contributed by atoms with Crippen LogP contribution < -0.4 is 0 Å². The van der Waals surface area contributed by atoms with Crippen LogP contribution in [0.2, 0.25) is 0 Å². The van der Waals surface area contributed by atoms with Crippen LogP contribution >= 0.6 is 0 Å². The molecule has 0 bridgehead atoms. The molecule has 0 aromatic rings. The zero-order valence-electron chi connectivity index (χ0n) is 9.12. The molecule has 78 valence electrons. The number of allylic oxidation sites excluding steroid dienone is 2. The lowest BCUT2D eigenvalue weighted by atomic mass is 9.77. The van der Waals surface area contributed by atoms with E-state index in [9.17, 15) is 0 Å². The molecular weight excluding hydrogens is 174 g/mol. The van der Waals surface area contributed by atoms with Gasteiger partial charge in [0, 0.05) is 19.0 Å². The van der Waals surface area contributed by atoms with Gasteiger partial charge in [0.1, 0.15) is 0 Å². The molecule has 0 aromatic heterocycles. The predicted octanol–water partition coefficient (Wildman–Crippen LogP) is 2.19. The van der Waals surface area contributed by atoms with Gasteiger partial charge in [0.2, 0.25) is 0 Å². The Bertz CT molecular complexity index is 258. The Balaban J connectivity index is 1.96. The maximum atomic E-state index is 5.34. The highest BCUT2D eigenvalue weighted by molar-refractivity contribution is 5.20. The minimum Gasteiger partial charge on any atom is -0.380 e. The minimum atomic E-state index is 0.456. The topological polar surface area (TPSA) is 12.5 Å². The van der Waals surface area contributed by atoms with Crippen LogP contribution in [0.15, 0.2) is 23.9 Å². The highest BCUT2D eigenvalue weighted by Crippen LogP contribution is 2.38. The summed E-state index contributed by atoms with van der Waals surface area (Å²) in [6, 6.07) is 0. The molecule has 0 radical (unpaired) electrons. The Hall–Kier alpha value is -0.760. The number of nitrogens with zero attached hydrogens (tertiary/aromatic N) is 1. The van der Waals surface area contributed by atoms with Crippen molar-refractivity contribution in [3.05, 3.63) is 23.9 Å². The van der Waals surface area contributed by atoms with Gasteiger partial charge in [0.25, 0.3) is 0 Å². The average molecular weight is 193 g/mol. The average Bonchev–Trinajstić information content (AvgIpc) is 2.11. The van der Waals surface area contributed by atoms with E-state index in [2.05, 4.69) is 37.2 Å². The van der Waals surface area contributed by atoms with Crippen LogP contribution in [-0.2, 0) is 4.74 Å². The second-order valence-corrected chi connectivity index (χ2v) is 4.60. The molecule has 2 heterocycles. The van der Waals surface area contributed by atoms with E-state index in [1.807, 2.05) is 0 Å². The molecule has 1 saturated heterocycles. The lowest BCUT2D eigenvalue weighted by Crippen LogP contribution is -2.43. The van der Waals surface area contributed by atoms with E-state index in [-0.39, 0.29) is 0 Å². The Kier molecular flexibility index (Phi) is 2.64. The first-order chi connectivity index (χ1) is 6.74. The molecule has 2 heteroatoms. The van der Waals surface area contributed by atoms with E-state index in [1.165, 1.54) is 12.8 Å². The molecule has 0 aliphatic carbocycles. The number of hydrogen-bond donors (Lipinski definition) is 0. The largest absolute Gasteiger partial charge is 0.380 e. The SMILES string of the molecule is CCC1(CC2=CC=CN(C)C2)COC1. The Morgan fingerprint density at radius 1 is 1.50 bits per heavy atom. The Morgan fingerprint density at radius 2 is 2.29 bits per heavy atom. The second kappa shape index (κ2) is 3.77. The van der Waals surface area contributed by atoms with Crippen molar-refractivity contribution in [2.24, 2.45) is 5.41 Å². The molecule has 2 aliphatic rings. The van der Waals surface area contributed by atoms with Crippen molar-refractivity contribution in [1.82, 2.24) is 4.90 Å². The first-order valence-electron chi connectivity index (χ1n) is 5.38. The molecule has 1 fully saturated rings. The molecule has 0 unspecified atom stereocenters. The fourth-order valence-electron chi connectivity index (χ4n) is 2.17. The van der Waals surface area contributed by atoms with Crippen LogP contribution in [-0.4, -0.2) is 31.7 Å². The van der Waals surface area contributed by atoms with Gasteiger partial charge in [-0.1, -0.05) is 18.6 Å². The smallest absolute Gasteiger partial charge is 0.0547 e.